The van der Waals surface area contributed by atoms with Gasteiger partial charge in [0.1, 0.15) is 12.4 Å². The number of benzene rings is 2. The monoisotopic (exact) mass is 384 g/mol. The molecule has 4 nitrogen and oxygen atoms in total. The number of piperidine rings is 1. The van der Waals surface area contributed by atoms with Gasteiger partial charge in [-0.2, -0.15) is 0 Å². The molecule has 1 aliphatic rings. The number of carbonyl (C=O) groups is 1. The summed E-state index contributed by atoms with van der Waals surface area (Å²) < 4.78 is 18.2. The summed E-state index contributed by atoms with van der Waals surface area (Å²) >= 11 is 0. The quantitative estimate of drug-likeness (QED) is 0.716. The van der Waals surface area contributed by atoms with Gasteiger partial charge in [-0.25, -0.2) is 4.39 Å². The number of nitrogens with one attached hydrogen (secondary N) is 1. The average molecular weight is 384 g/mol. The summed E-state index contributed by atoms with van der Waals surface area (Å²) in [7, 11) is 0. The molecule has 1 heterocycles. The number of hydrogen-bond donors (Lipinski definition) is 1. The van der Waals surface area contributed by atoms with Crippen LogP contribution >= 0.6 is 0 Å². The van der Waals surface area contributed by atoms with E-state index in [1.807, 2.05) is 0 Å². The topological polar surface area (TPSA) is 41.6 Å². The Bertz CT molecular complexity index is 713. The maximum absolute atomic E-state index is 12.8. The first-order valence-corrected chi connectivity index (χ1v) is 10.0. The number of halogens is 1. The maximum Gasteiger partial charge on any atom is 0.246 e. The summed E-state index contributed by atoms with van der Waals surface area (Å²) in [6, 6.07) is 16.7. The standard InChI is InChI=1S/C23H29FN2O2/c24-22-8-6-21(7-9-22)17-28-18-23(27)25-13-10-19-11-14-26(15-12-19)16-20-4-2-1-3-5-20/h1-9,19H,10-18H2,(H,25,27). The van der Waals surface area contributed by atoms with Crippen LogP contribution in [0.4, 0.5) is 4.39 Å². The predicted molar refractivity (Wildman–Crippen MR) is 108 cm³/mol. The van der Waals surface area contributed by atoms with Crippen molar-refractivity contribution in [1.29, 1.82) is 0 Å². The molecule has 5 heteroatoms. The highest BCUT2D eigenvalue weighted by Crippen LogP contribution is 2.21. The maximum atomic E-state index is 12.8. The third-order valence-corrected chi connectivity index (χ3v) is 5.25. The normalized spacial score (nSPS) is 15.5. The molecule has 2 aromatic rings. The van der Waals surface area contributed by atoms with Gasteiger partial charge in [-0.1, -0.05) is 42.5 Å². The molecule has 0 saturated carbocycles. The van der Waals surface area contributed by atoms with Crippen molar-refractivity contribution in [2.75, 3.05) is 26.2 Å². The highest BCUT2D eigenvalue weighted by molar-refractivity contribution is 5.77. The molecular formula is C23H29FN2O2. The van der Waals surface area contributed by atoms with Crippen molar-refractivity contribution in [3.05, 3.63) is 71.5 Å². The van der Waals surface area contributed by atoms with Crippen LogP contribution in [0.2, 0.25) is 0 Å². The molecule has 1 N–H and O–H groups in total. The third kappa shape index (κ3) is 7.06. The molecule has 0 radical (unpaired) electrons. The summed E-state index contributed by atoms with van der Waals surface area (Å²) in [6.07, 6.45) is 3.39. The molecular weight excluding hydrogens is 355 g/mol. The van der Waals surface area contributed by atoms with Crippen molar-refractivity contribution in [3.8, 4) is 0 Å². The van der Waals surface area contributed by atoms with Crippen LogP contribution in [-0.4, -0.2) is 37.0 Å². The van der Waals surface area contributed by atoms with Gasteiger partial charge in [0.15, 0.2) is 0 Å². The van der Waals surface area contributed by atoms with Gasteiger partial charge in [-0.05, 0) is 61.5 Å². The zero-order valence-corrected chi connectivity index (χ0v) is 16.3. The smallest absolute Gasteiger partial charge is 0.246 e. The minimum absolute atomic E-state index is 0.0346. The van der Waals surface area contributed by atoms with Gasteiger partial charge < -0.3 is 10.1 Å². The molecule has 0 unspecified atom stereocenters. The molecule has 0 atom stereocenters. The molecule has 150 valence electrons. The minimum atomic E-state index is -0.271. The van der Waals surface area contributed by atoms with Crippen molar-refractivity contribution >= 4 is 5.91 Å². The highest BCUT2D eigenvalue weighted by atomic mass is 19.1. The van der Waals surface area contributed by atoms with Gasteiger partial charge in [-0.3, -0.25) is 9.69 Å². The molecule has 1 fully saturated rings. The van der Waals surface area contributed by atoms with Gasteiger partial charge in [0, 0.05) is 13.1 Å². The van der Waals surface area contributed by atoms with E-state index < -0.39 is 0 Å². The second kappa shape index (κ2) is 10.9. The van der Waals surface area contributed by atoms with Crippen molar-refractivity contribution in [2.24, 2.45) is 5.92 Å². The number of likely N-dealkylation sites (tertiary alicyclic amines) is 1. The van der Waals surface area contributed by atoms with Crippen molar-refractivity contribution in [3.63, 3.8) is 0 Å². The molecule has 0 aliphatic carbocycles. The summed E-state index contributed by atoms with van der Waals surface area (Å²) in [5.74, 6) is 0.309. The zero-order valence-electron chi connectivity index (χ0n) is 16.3. The summed E-state index contributed by atoms with van der Waals surface area (Å²) in [4.78, 5) is 14.4. The van der Waals surface area contributed by atoms with Crippen molar-refractivity contribution in [2.45, 2.75) is 32.4 Å². The minimum Gasteiger partial charge on any atom is -0.367 e. The number of hydrogen-bond acceptors (Lipinski definition) is 3. The Morgan fingerprint density at radius 1 is 1.04 bits per heavy atom. The molecule has 2 aromatic carbocycles. The molecule has 28 heavy (non-hydrogen) atoms. The lowest BCUT2D eigenvalue weighted by Crippen LogP contribution is -2.35. The fourth-order valence-electron chi connectivity index (χ4n) is 3.58. The van der Waals surface area contributed by atoms with E-state index in [-0.39, 0.29) is 18.3 Å². The molecule has 0 bridgehead atoms. The largest absolute Gasteiger partial charge is 0.367 e. The Kier molecular flexibility index (Phi) is 8.00. The lowest BCUT2D eigenvalue weighted by molar-refractivity contribution is -0.126. The molecule has 1 saturated heterocycles. The van der Waals surface area contributed by atoms with E-state index in [1.54, 1.807) is 12.1 Å². The van der Waals surface area contributed by atoms with Crippen LogP contribution in [0.3, 0.4) is 0 Å². The number of ether oxygens (including phenoxy) is 1. The van der Waals surface area contributed by atoms with E-state index in [0.717, 1.165) is 31.6 Å². The van der Waals surface area contributed by atoms with Crippen LogP contribution in [0.15, 0.2) is 54.6 Å². The first-order valence-electron chi connectivity index (χ1n) is 10.0. The van der Waals surface area contributed by atoms with E-state index in [1.165, 1.54) is 30.5 Å². The van der Waals surface area contributed by atoms with E-state index >= 15 is 0 Å². The van der Waals surface area contributed by atoms with Crippen LogP contribution in [0.5, 0.6) is 0 Å². The average Bonchev–Trinajstić information content (AvgIpc) is 2.72. The fourth-order valence-corrected chi connectivity index (χ4v) is 3.58. The number of amides is 1. The Morgan fingerprint density at radius 2 is 1.75 bits per heavy atom. The first kappa shape index (κ1) is 20.5. The Hall–Kier alpha value is -2.24. The van der Waals surface area contributed by atoms with E-state index in [9.17, 15) is 9.18 Å². The Labute approximate surface area is 166 Å². The van der Waals surface area contributed by atoms with Crippen LogP contribution in [0.1, 0.15) is 30.4 Å². The van der Waals surface area contributed by atoms with E-state index in [0.29, 0.717) is 19.1 Å². The van der Waals surface area contributed by atoms with Gasteiger partial charge in [-0.15, -0.1) is 0 Å². The molecule has 3 rings (SSSR count). The Balaban J connectivity index is 1.24. The van der Waals surface area contributed by atoms with Gasteiger partial charge in [0.25, 0.3) is 0 Å². The van der Waals surface area contributed by atoms with E-state index in [4.69, 9.17) is 4.74 Å². The second-order valence-electron chi connectivity index (χ2n) is 7.46. The fraction of sp³-hybridized carbons (Fsp3) is 0.435. The number of carbonyl (C=O) groups excluding carboxylic acids is 1. The van der Waals surface area contributed by atoms with Crippen molar-refractivity contribution < 1.29 is 13.9 Å². The van der Waals surface area contributed by atoms with Gasteiger partial charge in [0.2, 0.25) is 5.91 Å². The third-order valence-electron chi connectivity index (χ3n) is 5.25. The van der Waals surface area contributed by atoms with Gasteiger partial charge >= 0.3 is 0 Å². The number of nitrogens with zero attached hydrogens (tertiary/aromatic N) is 1. The second-order valence-corrected chi connectivity index (χ2v) is 7.46. The lowest BCUT2D eigenvalue weighted by atomic mass is 9.93. The van der Waals surface area contributed by atoms with E-state index in [2.05, 4.69) is 40.5 Å². The van der Waals surface area contributed by atoms with Crippen LogP contribution in [0.25, 0.3) is 0 Å². The first-order chi connectivity index (χ1) is 13.7. The molecule has 0 spiro atoms. The van der Waals surface area contributed by atoms with Crippen molar-refractivity contribution in [1.82, 2.24) is 10.2 Å². The molecule has 1 aliphatic heterocycles. The SMILES string of the molecule is O=C(COCc1ccc(F)cc1)NCCC1CCN(Cc2ccccc2)CC1. The highest BCUT2D eigenvalue weighted by Gasteiger charge is 2.19. The summed E-state index contributed by atoms with van der Waals surface area (Å²) in [5, 5.41) is 2.94. The van der Waals surface area contributed by atoms with Crippen LogP contribution < -0.4 is 5.32 Å². The Morgan fingerprint density at radius 3 is 2.46 bits per heavy atom. The zero-order chi connectivity index (χ0) is 19.6. The molecule has 1 amide bonds. The van der Waals surface area contributed by atoms with Gasteiger partial charge in [0.05, 0.1) is 6.61 Å². The van der Waals surface area contributed by atoms with Crippen LogP contribution in [-0.2, 0) is 22.7 Å². The summed E-state index contributed by atoms with van der Waals surface area (Å²) in [6.45, 7) is 4.31. The van der Waals surface area contributed by atoms with Crippen LogP contribution in [0, 0.1) is 11.7 Å². The lowest BCUT2D eigenvalue weighted by Gasteiger charge is -2.32. The predicted octanol–water partition coefficient (Wildman–Crippen LogP) is 3.76. The summed E-state index contributed by atoms with van der Waals surface area (Å²) in [5.41, 5.74) is 2.23. The number of rotatable bonds is 9. The molecule has 0 aromatic heterocycles.